The largest absolute Gasteiger partial charge is 0.492 e. The third kappa shape index (κ3) is 5.17. The maximum atomic E-state index is 13.0. The van der Waals surface area contributed by atoms with Crippen LogP contribution in [-0.4, -0.2) is 66.6 Å². The van der Waals surface area contributed by atoms with Crippen molar-refractivity contribution in [3.63, 3.8) is 0 Å². The molecule has 1 aromatic carbocycles. The van der Waals surface area contributed by atoms with E-state index in [0.29, 0.717) is 50.3 Å². The number of carbonyl (C=O) groups excluding carboxylic acids is 2. The van der Waals surface area contributed by atoms with Gasteiger partial charge < -0.3 is 18.9 Å². The molecule has 0 aliphatic carbocycles. The number of esters is 1. The number of rotatable bonds is 7. The molecule has 182 valence electrons. The number of fused-ring (bicyclic) bond motifs is 1. The third-order valence-electron chi connectivity index (χ3n) is 6.81. The zero-order valence-corrected chi connectivity index (χ0v) is 20.2. The highest BCUT2D eigenvalue weighted by molar-refractivity contribution is 5.93. The fourth-order valence-corrected chi connectivity index (χ4v) is 4.80. The first-order valence-electron chi connectivity index (χ1n) is 11.9. The number of nitrogens with zero attached hydrogens (tertiary/aromatic N) is 3. The highest BCUT2D eigenvalue weighted by Crippen LogP contribution is 2.26. The van der Waals surface area contributed by atoms with Gasteiger partial charge in [-0.25, -0.2) is 4.79 Å². The number of hydrogen-bond donors (Lipinski definition) is 0. The van der Waals surface area contributed by atoms with E-state index >= 15 is 0 Å². The van der Waals surface area contributed by atoms with E-state index in [9.17, 15) is 14.4 Å². The average molecular weight is 468 g/mol. The number of pyridine rings is 1. The van der Waals surface area contributed by atoms with Gasteiger partial charge in [0.1, 0.15) is 11.3 Å². The molecule has 34 heavy (non-hydrogen) atoms. The van der Waals surface area contributed by atoms with Gasteiger partial charge in [-0.05, 0) is 17.5 Å². The summed E-state index contributed by atoms with van der Waals surface area (Å²) in [5, 5.41) is 0. The molecule has 0 saturated carbocycles. The van der Waals surface area contributed by atoms with Gasteiger partial charge in [-0.2, -0.15) is 0 Å². The van der Waals surface area contributed by atoms with Crippen molar-refractivity contribution in [2.75, 3.05) is 40.4 Å². The first-order valence-corrected chi connectivity index (χ1v) is 11.9. The minimum absolute atomic E-state index is 0.0270. The van der Waals surface area contributed by atoms with Crippen LogP contribution in [0, 0.1) is 5.92 Å². The predicted molar refractivity (Wildman–Crippen MR) is 128 cm³/mol. The van der Waals surface area contributed by atoms with E-state index in [1.165, 1.54) is 24.3 Å². The van der Waals surface area contributed by atoms with Crippen molar-refractivity contribution in [1.29, 1.82) is 0 Å². The second-order valence-electron chi connectivity index (χ2n) is 9.16. The van der Waals surface area contributed by atoms with Crippen LogP contribution in [0.15, 0.2) is 35.1 Å². The van der Waals surface area contributed by atoms with Crippen LogP contribution in [0.3, 0.4) is 0 Å². The normalized spacial score (nSPS) is 18.5. The Bertz CT molecular complexity index is 1110. The van der Waals surface area contributed by atoms with E-state index in [-0.39, 0.29) is 29.7 Å². The van der Waals surface area contributed by atoms with E-state index in [1.807, 2.05) is 0 Å². The van der Waals surface area contributed by atoms with Gasteiger partial charge in [0.05, 0.1) is 13.7 Å². The lowest BCUT2D eigenvalue weighted by Gasteiger charge is -2.19. The van der Waals surface area contributed by atoms with Gasteiger partial charge in [-0.1, -0.05) is 31.2 Å². The van der Waals surface area contributed by atoms with Crippen LogP contribution < -0.4 is 10.3 Å². The number of amides is 1. The molecule has 0 radical (unpaired) electrons. The van der Waals surface area contributed by atoms with Crippen LogP contribution >= 0.6 is 0 Å². The molecule has 1 fully saturated rings. The Hall–Kier alpha value is -3.13. The summed E-state index contributed by atoms with van der Waals surface area (Å²) >= 11 is 0. The van der Waals surface area contributed by atoms with E-state index in [2.05, 4.69) is 36.1 Å². The summed E-state index contributed by atoms with van der Waals surface area (Å²) in [4.78, 5) is 41.6. The van der Waals surface area contributed by atoms with Gasteiger partial charge in [0.15, 0.2) is 0 Å². The Kier molecular flexibility index (Phi) is 7.36. The summed E-state index contributed by atoms with van der Waals surface area (Å²) in [5.74, 6) is -0.164. The van der Waals surface area contributed by atoms with Crippen LogP contribution in [0.25, 0.3) is 0 Å². The number of aryl methyl sites for hydroxylation is 1. The van der Waals surface area contributed by atoms with Gasteiger partial charge in [-0.3, -0.25) is 14.5 Å². The summed E-state index contributed by atoms with van der Waals surface area (Å²) < 4.78 is 12.7. The Labute approximate surface area is 200 Å². The lowest BCUT2D eigenvalue weighted by Crippen LogP contribution is -2.29. The van der Waals surface area contributed by atoms with E-state index in [1.54, 1.807) is 16.5 Å². The molecule has 1 atom stereocenters. The Morgan fingerprint density at radius 1 is 1.09 bits per heavy atom. The minimum atomic E-state index is -0.512. The number of likely N-dealkylation sites (tertiary alicyclic amines) is 1. The molecular formula is C26H33N3O5. The molecule has 8 heteroatoms. The zero-order valence-electron chi connectivity index (χ0n) is 20.2. The van der Waals surface area contributed by atoms with Crippen molar-refractivity contribution in [1.82, 2.24) is 14.4 Å². The molecule has 0 N–H and O–H groups in total. The van der Waals surface area contributed by atoms with E-state index < -0.39 is 5.97 Å². The molecule has 0 spiro atoms. The first kappa shape index (κ1) is 24.0. The molecule has 4 rings (SSSR count). The number of benzene rings is 1. The second kappa shape index (κ2) is 10.4. The maximum Gasteiger partial charge on any atom is 0.343 e. The zero-order chi connectivity index (χ0) is 24.2. The van der Waals surface area contributed by atoms with Gasteiger partial charge in [-0.15, -0.1) is 0 Å². The number of hydrogen-bond acceptors (Lipinski definition) is 6. The van der Waals surface area contributed by atoms with Gasteiger partial charge in [0.25, 0.3) is 5.56 Å². The second-order valence-corrected chi connectivity index (χ2v) is 9.16. The molecule has 1 unspecified atom stereocenters. The van der Waals surface area contributed by atoms with E-state index in [4.69, 9.17) is 9.47 Å². The van der Waals surface area contributed by atoms with Crippen molar-refractivity contribution >= 4 is 11.9 Å². The molecule has 2 aliphatic heterocycles. The lowest BCUT2D eigenvalue weighted by atomic mass is 10.1. The molecule has 2 aromatic rings. The number of ether oxygens (including phenoxy) is 2. The number of carbonyl (C=O) groups is 2. The van der Waals surface area contributed by atoms with Gasteiger partial charge >= 0.3 is 5.97 Å². The summed E-state index contributed by atoms with van der Waals surface area (Å²) in [5.41, 5.74) is 3.31. The number of aromatic nitrogens is 1. The van der Waals surface area contributed by atoms with Gasteiger partial charge in [0, 0.05) is 70.3 Å². The lowest BCUT2D eigenvalue weighted by molar-refractivity contribution is -0.126. The molecular weight excluding hydrogens is 434 g/mol. The Morgan fingerprint density at radius 3 is 2.47 bits per heavy atom. The van der Waals surface area contributed by atoms with Crippen LogP contribution in [-0.2, 0) is 35.5 Å². The Morgan fingerprint density at radius 2 is 1.82 bits per heavy atom. The molecule has 3 heterocycles. The Balaban J connectivity index is 1.54. The smallest absolute Gasteiger partial charge is 0.343 e. The van der Waals surface area contributed by atoms with E-state index in [0.717, 1.165) is 13.0 Å². The van der Waals surface area contributed by atoms with Gasteiger partial charge in [0.2, 0.25) is 5.91 Å². The quantitative estimate of drug-likeness (QED) is 0.581. The molecule has 0 bridgehead atoms. The predicted octanol–water partition coefficient (Wildman–Crippen LogP) is 2.11. The topological polar surface area (TPSA) is 81.1 Å². The van der Waals surface area contributed by atoms with Crippen molar-refractivity contribution in [3.8, 4) is 5.75 Å². The van der Waals surface area contributed by atoms with Crippen LogP contribution in [0.5, 0.6) is 5.75 Å². The monoisotopic (exact) mass is 467 g/mol. The van der Waals surface area contributed by atoms with Crippen molar-refractivity contribution in [2.45, 2.75) is 39.3 Å². The molecule has 1 saturated heterocycles. The van der Waals surface area contributed by atoms with Crippen LogP contribution in [0.4, 0.5) is 0 Å². The first-order chi connectivity index (χ1) is 16.4. The van der Waals surface area contributed by atoms with Crippen LogP contribution in [0.1, 0.15) is 40.5 Å². The molecule has 1 amide bonds. The fraction of sp³-hybridized carbons (Fsp3) is 0.500. The molecule has 2 aliphatic rings. The SMILES string of the molecule is CCc1ccc(CN2CCc3c(C(=O)OC)c(OCC4CC(=O)N(C)C4)cc(=O)n3CC2)cc1. The van der Waals surface area contributed by atoms with Crippen molar-refractivity contribution in [2.24, 2.45) is 5.92 Å². The summed E-state index contributed by atoms with van der Waals surface area (Å²) in [6.07, 6.45) is 1.95. The van der Waals surface area contributed by atoms with Crippen LogP contribution in [0.2, 0.25) is 0 Å². The average Bonchev–Trinajstić information content (AvgIpc) is 3.02. The third-order valence-corrected chi connectivity index (χ3v) is 6.81. The molecule has 8 nitrogen and oxygen atoms in total. The summed E-state index contributed by atoms with van der Waals surface area (Å²) in [6, 6.07) is 10.00. The summed E-state index contributed by atoms with van der Waals surface area (Å²) in [6.45, 7) is 5.71. The van der Waals surface area contributed by atoms with Crippen molar-refractivity contribution in [3.05, 3.63) is 63.1 Å². The van der Waals surface area contributed by atoms with Crippen molar-refractivity contribution < 1.29 is 19.1 Å². The maximum absolute atomic E-state index is 13.0. The standard InChI is InChI=1S/C26H33N3O5/c1-4-18-5-7-19(8-6-18)16-28-10-9-21-25(26(32)33-3)22(14-24(31)29(21)12-11-28)34-17-20-13-23(30)27(2)15-20/h5-8,14,20H,4,9-13,15-17H2,1-3H3. The highest BCUT2D eigenvalue weighted by Gasteiger charge is 2.30. The highest BCUT2D eigenvalue weighted by atomic mass is 16.5. The summed E-state index contributed by atoms with van der Waals surface area (Å²) in [7, 11) is 3.10. The number of methoxy groups -OCH3 is 1. The fourth-order valence-electron chi connectivity index (χ4n) is 4.80. The minimum Gasteiger partial charge on any atom is -0.492 e. The molecule has 1 aromatic heterocycles.